The van der Waals surface area contributed by atoms with Crippen LogP contribution < -0.4 is 10.5 Å². The van der Waals surface area contributed by atoms with Gasteiger partial charge in [0.2, 0.25) is 21.8 Å². The van der Waals surface area contributed by atoms with Gasteiger partial charge in [-0.3, -0.25) is 9.59 Å². The average Bonchev–Trinajstić information content (AvgIpc) is 2.88. The molecule has 126 valence electrons. The van der Waals surface area contributed by atoms with Crippen molar-refractivity contribution in [1.82, 2.24) is 9.62 Å². The van der Waals surface area contributed by atoms with Gasteiger partial charge in [0.25, 0.3) is 0 Å². The highest BCUT2D eigenvalue weighted by molar-refractivity contribution is 7.89. The lowest BCUT2D eigenvalue weighted by molar-refractivity contribution is -0.136. The zero-order chi connectivity index (χ0) is 17.0. The number of nitrogens with zero attached hydrogens (tertiary/aromatic N) is 1. The topological polar surface area (TPSA) is 110 Å². The van der Waals surface area contributed by atoms with E-state index in [1.807, 2.05) is 0 Å². The number of nitrogens with one attached hydrogen (secondary N) is 1. The summed E-state index contributed by atoms with van der Waals surface area (Å²) in [7, 11) is -3.60. The molecule has 2 rings (SSSR count). The van der Waals surface area contributed by atoms with E-state index in [-0.39, 0.29) is 29.7 Å². The number of hydrogen-bond acceptors (Lipinski definition) is 4. The summed E-state index contributed by atoms with van der Waals surface area (Å²) in [5, 5.41) is 0. The van der Waals surface area contributed by atoms with Gasteiger partial charge in [-0.05, 0) is 24.5 Å². The fourth-order valence-corrected chi connectivity index (χ4v) is 3.87. The van der Waals surface area contributed by atoms with Crippen molar-refractivity contribution in [2.75, 3.05) is 13.1 Å². The molecule has 1 aliphatic rings. The Morgan fingerprint density at radius 1 is 1.39 bits per heavy atom. The summed E-state index contributed by atoms with van der Waals surface area (Å²) < 4.78 is 26.9. The van der Waals surface area contributed by atoms with E-state index >= 15 is 0 Å². The first-order valence-electron chi connectivity index (χ1n) is 7.48. The number of nitrogens with two attached hydrogens (primary N) is 1. The van der Waals surface area contributed by atoms with E-state index < -0.39 is 22.0 Å². The lowest BCUT2D eigenvalue weighted by atomic mass is 10.1. The molecule has 2 amide bonds. The van der Waals surface area contributed by atoms with Crippen LogP contribution in [0.5, 0.6) is 0 Å². The smallest absolute Gasteiger partial charge is 0.240 e. The first-order valence-corrected chi connectivity index (χ1v) is 8.97. The van der Waals surface area contributed by atoms with Crippen molar-refractivity contribution in [3.05, 3.63) is 30.3 Å². The van der Waals surface area contributed by atoms with Crippen molar-refractivity contribution in [2.45, 2.75) is 30.7 Å². The minimum absolute atomic E-state index is 0.147. The molecule has 1 heterocycles. The number of amides is 2. The summed E-state index contributed by atoms with van der Waals surface area (Å²) in [6.07, 6.45) is 0.657. The molecule has 0 aromatic heterocycles. The van der Waals surface area contributed by atoms with Gasteiger partial charge in [-0.2, -0.15) is 0 Å². The monoisotopic (exact) mass is 339 g/mol. The lowest BCUT2D eigenvalue weighted by Crippen LogP contribution is -2.45. The van der Waals surface area contributed by atoms with Crippen LogP contribution in [0.1, 0.15) is 19.8 Å². The van der Waals surface area contributed by atoms with E-state index in [0.717, 1.165) is 0 Å². The van der Waals surface area contributed by atoms with Gasteiger partial charge in [-0.1, -0.05) is 25.1 Å². The Hall–Kier alpha value is -1.93. The summed E-state index contributed by atoms with van der Waals surface area (Å²) in [6, 6.07) is 7.42. The molecule has 2 atom stereocenters. The second-order valence-electron chi connectivity index (χ2n) is 5.61. The molecule has 0 bridgehead atoms. The van der Waals surface area contributed by atoms with Crippen LogP contribution in [0.2, 0.25) is 0 Å². The van der Waals surface area contributed by atoms with Crippen LogP contribution in [-0.4, -0.2) is 44.3 Å². The van der Waals surface area contributed by atoms with Crippen LogP contribution >= 0.6 is 0 Å². The van der Waals surface area contributed by atoms with Crippen LogP contribution in [0, 0.1) is 5.92 Å². The van der Waals surface area contributed by atoms with E-state index in [1.54, 1.807) is 25.1 Å². The third-order valence-corrected chi connectivity index (χ3v) is 5.38. The van der Waals surface area contributed by atoms with Gasteiger partial charge >= 0.3 is 0 Å². The number of likely N-dealkylation sites (tertiary alicyclic amines) is 1. The molecule has 1 aromatic carbocycles. The van der Waals surface area contributed by atoms with Crippen molar-refractivity contribution in [3.63, 3.8) is 0 Å². The lowest BCUT2D eigenvalue weighted by Gasteiger charge is -2.24. The zero-order valence-electron chi connectivity index (χ0n) is 12.9. The maximum atomic E-state index is 12.2. The predicted molar refractivity (Wildman–Crippen MR) is 84.7 cm³/mol. The molecule has 0 radical (unpaired) electrons. The summed E-state index contributed by atoms with van der Waals surface area (Å²) in [4.78, 5) is 25.0. The first kappa shape index (κ1) is 17.4. The number of benzene rings is 1. The zero-order valence-corrected chi connectivity index (χ0v) is 13.8. The number of carbonyl (C=O) groups is 2. The molecular formula is C15H21N3O4S. The SMILES string of the molecule is CC[C@H](C(N)=O)N1C[C@H](CNS(=O)(=O)c2ccccc2)CC1=O. The Labute approximate surface area is 135 Å². The van der Waals surface area contributed by atoms with Crippen LogP contribution in [0.3, 0.4) is 0 Å². The standard InChI is InChI=1S/C15H21N3O4S/c1-2-13(15(16)20)18-10-11(8-14(18)19)9-17-23(21,22)12-6-4-3-5-7-12/h3-7,11,13,17H,2,8-10H2,1H3,(H2,16,20)/t11-,13+/m0/s1. The Balaban J connectivity index is 1.98. The largest absolute Gasteiger partial charge is 0.368 e. The molecular weight excluding hydrogens is 318 g/mol. The van der Waals surface area contributed by atoms with E-state index in [0.29, 0.717) is 13.0 Å². The molecule has 0 spiro atoms. The Morgan fingerprint density at radius 2 is 2.04 bits per heavy atom. The molecule has 3 N–H and O–H groups in total. The maximum absolute atomic E-state index is 12.2. The maximum Gasteiger partial charge on any atom is 0.240 e. The summed E-state index contributed by atoms with van der Waals surface area (Å²) >= 11 is 0. The van der Waals surface area contributed by atoms with Crippen molar-refractivity contribution in [1.29, 1.82) is 0 Å². The second-order valence-corrected chi connectivity index (χ2v) is 7.37. The number of hydrogen-bond donors (Lipinski definition) is 2. The molecule has 0 saturated carbocycles. The van der Waals surface area contributed by atoms with Crippen molar-refractivity contribution in [2.24, 2.45) is 11.7 Å². The third-order valence-electron chi connectivity index (χ3n) is 3.95. The third kappa shape index (κ3) is 4.08. The summed E-state index contributed by atoms with van der Waals surface area (Å²) in [5.41, 5.74) is 5.31. The number of primary amides is 1. The predicted octanol–water partition coefficient (Wildman–Crippen LogP) is 0.0773. The van der Waals surface area contributed by atoms with E-state index in [1.165, 1.54) is 17.0 Å². The fraction of sp³-hybridized carbons (Fsp3) is 0.467. The van der Waals surface area contributed by atoms with Crippen molar-refractivity contribution in [3.8, 4) is 0 Å². The number of sulfonamides is 1. The Kier molecular flexibility index (Phi) is 5.38. The molecule has 7 nitrogen and oxygen atoms in total. The van der Waals surface area contributed by atoms with Gasteiger partial charge in [-0.25, -0.2) is 13.1 Å². The molecule has 1 saturated heterocycles. The molecule has 1 aliphatic heterocycles. The van der Waals surface area contributed by atoms with Crippen molar-refractivity contribution >= 4 is 21.8 Å². The highest BCUT2D eigenvalue weighted by Gasteiger charge is 2.36. The van der Waals surface area contributed by atoms with Crippen LogP contribution in [0.15, 0.2) is 35.2 Å². The van der Waals surface area contributed by atoms with Crippen LogP contribution in [0.25, 0.3) is 0 Å². The first-order chi connectivity index (χ1) is 10.8. The van der Waals surface area contributed by atoms with Gasteiger partial charge in [0, 0.05) is 19.5 Å². The summed E-state index contributed by atoms with van der Waals surface area (Å²) in [6.45, 7) is 2.26. The number of rotatable bonds is 7. The Bertz CT molecular complexity index is 675. The van der Waals surface area contributed by atoms with Gasteiger partial charge < -0.3 is 10.6 Å². The van der Waals surface area contributed by atoms with E-state index in [4.69, 9.17) is 5.73 Å². The molecule has 1 fully saturated rings. The van der Waals surface area contributed by atoms with Crippen molar-refractivity contribution < 1.29 is 18.0 Å². The second kappa shape index (κ2) is 7.10. The molecule has 0 aliphatic carbocycles. The molecule has 8 heteroatoms. The summed E-state index contributed by atoms with van der Waals surface area (Å²) in [5.74, 6) is -0.875. The molecule has 1 aromatic rings. The molecule has 0 unspecified atom stereocenters. The highest BCUT2D eigenvalue weighted by atomic mass is 32.2. The average molecular weight is 339 g/mol. The minimum Gasteiger partial charge on any atom is -0.368 e. The number of carbonyl (C=O) groups excluding carboxylic acids is 2. The normalized spacial score (nSPS) is 19.8. The molecule has 23 heavy (non-hydrogen) atoms. The van der Waals surface area contributed by atoms with Crippen LogP contribution in [-0.2, 0) is 19.6 Å². The van der Waals surface area contributed by atoms with Gasteiger partial charge in [0.1, 0.15) is 6.04 Å². The van der Waals surface area contributed by atoms with E-state index in [2.05, 4.69) is 4.72 Å². The Morgan fingerprint density at radius 3 is 2.61 bits per heavy atom. The highest BCUT2D eigenvalue weighted by Crippen LogP contribution is 2.21. The minimum atomic E-state index is -3.60. The quantitative estimate of drug-likeness (QED) is 0.733. The van der Waals surface area contributed by atoms with Crippen LogP contribution in [0.4, 0.5) is 0 Å². The van der Waals surface area contributed by atoms with Gasteiger partial charge in [-0.15, -0.1) is 0 Å². The van der Waals surface area contributed by atoms with Gasteiger partial charge in [0.15, 0.2) is 0 Å². The van der Waals surface area contributed by atoms with Gasteiger partial charge in [0.05, 0.1) is 4.90 Å². The van der Waals surface area contributed by atoms with E-state index in [9.17, 15) is 18.0 Å². The fourth-order valence-electron chi connectivity index (χ4n) is 2.73.